The third-order valence-corrected chi connectivity index (χ3v) is 3.63. The third-order valence-electron chi connectivity index (χ3n) is 3.63. The van der Waals surface area contributed by atoms with Gasteiger partial charge in [-0.05, 0) is 41.5 Å². The van der Waals surface area contributed by atoms with E-state index >= 15 is 0 Å². The minimum Gasteiger partial charge on any atom is -0.450 e. The number of pyridine rings is 1. The first-order valence-electron chi connectivity index (χ1n) is 7.82. The van der Waals surface area contributed by atoms with Gasteiger partial charge in [-0.3, -0.25) is 25.2 Å². The Morgan fingerprint density at radius 1 is 0.815 bits per heavy atom. The molecule has 1 heterocycles. The van der Waals surface area contributed by atoms with E-state index in [1.165, 1.54) is 6.07 Å². The van der Waals surface area contributed by atoms with Crippen LogP contribution in [0.1, 0.15) is 11.1 Å². The maximum Gasteiger partial charge on any atom is 0.318 e. The zero-order chi connectivity index (χ0) is 19.2. The van der Waals surface area contributed by atoms with Crippen LogP contribution < -0.4 is 4.74 Å². The molecule has 0 unspecified atom stereocenters. The molecule has 2 aromatic carbocycles. The molecule has 3 rings (SSSR count). The predicted molar refractivity (Wildman–Crippen MR) is 99.4 cm³/mol. The number of benzene rings is 2. The van der Waals surface area contributed by atoms with Crippen molar-refractivity contribution in [3.63, 3.8) is 0 Å². The molecule has 0 saturated heterocycles. The summed E-state index contributed by atoms with van der Waals surface area (Å²) in [6.45, 7) is 0. The molecule has 0 saturated carbocycles. The van der Waals surface area contributed by atoms with Gasteiger partial charge in [0.1, 0.15) is 5.75 Å². The van der Waals surface area contributed by atoms with Crippen molar-refractivity contribution >= 4 is 23.5 Å². The van der Waals surface area contributed by atoms with Crippen molar-refractivity contribution in [2.45, 2.75) is 0 Å². The summed E-state index contributed by atoms with van der Waals surface area (Å²) in [5.41, 5.74) is 1.08. The average molecular weight is 363 g/mol. The second-order valence-corrected chi connectivity index (χ2v) is 5.45. The first-order chi connectivity index (χ1) is 13.0. The van der Waals surface area contributed by atoms with Crippen molar-refractivity contribution in [3.05, 3.63) is 98.3 Å². The molecule has 27 heavy (non-hydrogen) atoms. The van der Waals surface area contributed by atoms with Crippen molar-refractivity contribution in [2.75, 3.05) is 0 Å². The quantitative estimate of drug-likeness (QED) is 0.457. The fraction of sp³-hybridized carbons (Fsp3) is 0. The maximum atomic E-state index is 11.2. The first kappa shape index (κ1) is 17.7. The van der Waals surface area contributed by atoms with Gasteiger partial charge in [-0.1, -0.05) is 24.3 Å². The van der Waals surface area contributed by atoms with E-state index in [4.69, 9.17) is 4.74 Å². The highest BCUT2D eigenvalue weighted by Gasteiger charge is 2.21. The SMILES string of the molecule is O=[N+]([O-])c1ccc(Oc2ccc(/C=C/c3ccncc3)cc2)c([N+](=O)[O-])c1. The third kappa shape index (κ3) is 4.51. The van der Waals surface area contributed by atoms with E-state index in [1.807, 2.05) is 24.3 Å². The van der Waals surface area contributed by atoms with Crippen molar-refractivity contribution in [1.29, 1.82) is 0 Å². The number of aromatic nitrogens is 1. The molecule has 0 N–H and O–H groups in total. The summed E-state index contributed by atoms with van der Waals surface area (Å²) in [6.07, 6.45) is 7.24. The highest BCUT2D eigenvalue weighted by molar-refractivity contribution is 5.69. The van der Waals surface area contributed by atoms with E-state index in [2.05, 4.69) is 4.98 Å². The topological polar surface area (TPSA) is 108 Å². The molecule has 0 spiro atoms. The molecule has 0 aliphatic rings. The van der Waals surface area contributed by atoms with E-state index in [1.54, 1.807) is 36.7 Å². The number of hydrogen-bond acceptors (Lipinski definition) is 6. The smallest absolute Gasteiger partial charge is 0.318 e. The van der Waals surface area contributed by atoms with E-state index in [9.17, 15) is 20.2 Å². The zero-order valence-electron chi connectivity index (χ0n) is 13.9. The molecule has 1 aromatic heterocycles. The van der Waals surface area contributed by atoms with E-state index in [-0.39, 0.29) is 11.4 Å². The van der Waals surface area contributed by atoms with Crippen LogP contribution in [-0.4, -0.2) is 14.8 Å². The van der Waals surface area contributed by atoms with Gasteiger partial charge in [-0.15, -0.1) is 0 Å². The number of nitro groups is 2. The van der Waals surface area contributed by atoms with Crippen LogP contribution in [-0.2, 0) is 0 Å². The lowest BCUT2D eigenvalue weighted by atomic mass is 10.1. The summed E-state index contributed by atoms with van der Waals surface area (Å²) in [5, 5.41) is 21.9. The van der Waals surface area contributed by atoms with Crippen LogP contribution in [0.2, 0.25) is 0 Å². The molecule has 3 aromatic rings. The molecule has 0 atom stereocenters. The molecule has 0 bridgehead atoms. The molecular weight excluding hydrogens is 350 g/mol. The van der Waals surface area contributed by atoms with Crippen LogP contribution in [0.25, 0.3) is 12.2 Å². The minimum atomic E-state index is -0.714. The van der Waals surface area contributed by atoms with Crippen LogP contribution in [0.15, 0.2) is 67.0 Å². The van der Waals surface area contributed by atoms with Crippen LogP contribution >= 0.6 is 0 Å². The molecule has 0 aliphatic heterocycles. The molecule has 8 heteroatoms. The molecule has 0 radical (unpaired) electrons. The van der Waals surface area contributed by atoms with Gasteiger partial charge in [0.05, 0.1) is 15.9 Å². The Morgan fingerprint density at radius 2 is 1.44 bits per heavy atom. The lowest BCUT2D eigenvalue weighted by Crippen LogP contribution is -1.96. The largest absolute Gasteiger partial charge is 0.450 e. The summed E-state index contributed by atoms with van der Waals surface area (Å²) in [7, 11) is 0. The van der Waals surface area contributed by atoms with Gasteiger partial charge in [-0.25, -0.2) is 0 Å². The van der Waals surface area contributed by atoms with Crippen molar-refractivity contribution < 1.29 is 14.6 Å². The molecule has 134 valence electrons. The van der Waals surface area contributed by atoms with Gasteiger partial charge in [0.25, 0.3) is 5.69 Å². The van der Waals surface area contributed by atoms with E-state index in [0.29, 0.717) is 5.75 Å². The lowest BCUT2D eigenvalue weighted by Gasteiger charge is -2.06. The first-order valence-corrected chi connectivity index (χ1v) is 7.82. The molecule has 0 amide bonds. The Morgan fingerprint density at radius 3 is 2.04 bits per heavy atom. The number of nitro benzene ring substituents is 2. The Hall–Kier alpha value is -4.07. The predicted octanol–water partition coefficient (Wildman–Crippen LogP) is 4.86. The highest BCUT2D eigenvalue weighted by Crippen LogP contribution is 2.34. The van der Waals surface area contributed by atoms with Gasteiger partial charge < -0.3 is 4.74 Å². The Labute approximate surface area is 153 Å². The van der Waals surface area contributed by atoms with Crippen LogP contribution in [0, 0.1) is 20.2 Å². The Balaban J connectivity index is 1.78. The van der Waals surface area contributed by atoms with Crippen LogP contribution in [0.5, 0.6) is 11.5 Å². The number of nitrogens with zero attached hydrogens (tertiary/aromatic N) is 3. The van der Waals surface area contributed by atoms with Gasteiger partial charge in [0.2, 0.25) is 5.75 Å². The Bertz CT molecular complexity index is 1000. The van der Waals surface area contributed by atoms with E-state index in [0.717, 1.165) is 23.3 Å². The second kappa shape index (κ2) is 7.87. The standard InChI is InChI=1S/C19H13N3O5/c23-21(24)16-5-8-19(18(13-16)22(25)26)27-17-6-3-14(4-7-17)1-2-15-9-11-20-12-10-15/h1-13H/b2-1+. The molecule has 0 fully saturated rings. The van der Waals surface area contributed by atoms with Crippen LogP contribution in [0.4, 0.5) is 11.4 Å². The van der Waals surface area contributed by atoms with Gasteiger partial charge in [-0.2, -0.15) is 0 Å². The normalized spacial score (nSPS) is 10.7. The van der Waals surface area contributed by atoms with Crippen molar-refractivity contribution in [2.24, 2.45) is 0 Å². The number of hydrogen-bond donors (Lipinski definition) is 0. The fourth-order valence-electron chi connectivity index (χ4n) is 2.29. The highest BCUT2D eigenvalue weighted by atomic mass is 16.6. The average Bonchev–Trinajstić information content (AvgIpc) is 2.68. The van der Waals surface area contributed by atoms with Gasteiger partial charge in [0, 0.05) is 18.5 Å². The second-order valence-electron chi connectivity index (χ2n) is 5.45. The number of rotatable bonds is 6. The summed E-state index contributed by atoms with van der Waals surface area (Å²) >= 11 is 0. The summed E-state index contributed by atoms with van der Waals surface area (Å²) in [6, 6.07) is 13.9. The summed E-state index contributed by atoms with van der Waals surface area (Å²) in [4.78, 5) is 24.5. The maximum absolute atomic E-state index is 11.2. The van der Waals surface area contributed by atoms with Gasteiger partial charge >= 0.3 is 5.69 Å². The minimum absolute atomic E-state index is 0.0642. The summed E-state index contributed by atoms with van der Waals surface area (Å²) < 4.78 is 5.53. The monoisotopic (exact) mass is 363 g/mol. The fourth-order valence-corrected chi connectivity index (χ4v) is 2.29. The van der Waals surface area contributed by atoms with E-state index < -0.39 is 15.5 Å². The molecule has 0 aliphatic carbocycles. The molecular formula is C19H13N3O5. The number of non-ortho nitro benzene ring substituents is 1. The zero-order valence-corrected chi connectivity index (χ0v) is 13.9. The number of ether oxygens (including phenoxy) is 1. The van der Waals surface area contributed by atoms with Crippen molar-refractivity contribution in [3.8, 4) is 11.5 Å². The Kier molecular flexibility index (Phi) is 5.17. The van der Waals surface area contributed by atoms with Gasteiger partial charge in [0.15, 0.2) is 0 Å². The summed E-state index contributed by atoms with van der Waals surface area (Å²) in [5.74, 6) is 0.318. The molecule has 8 nitrogen and oxygen atoms in total. The van der Waals surface area contributed by atoms with Crippen molar-refractivity contribution in [1.82, 2.24) is 4.98 Å². The van der Waals surface area contributed by atoms with Crippen LogP contribution in [0.3, 0.4) is 0 Å². The lowest BCUT2D eigenvalue weighted by molar-refractivity contribution is -0.394.